The molecular weight excluding hydrogens is 325 g/mol. The van der Waals surface area contributed by atoms with Crippen molar-refractivity contribution >= 4 is 11.9 Å². The van der Waals surface area contributed by atoms with E-state index in [1.807, 2.05) is 18.2 Å². The number of carbonyl (C=O) groups excluding carboxylic acids is 1. The molecule has 0 aliphatic carbocycles. The number of halogens is 1. The van der Waals surface area contributed by atoms with E-state index < -0.39 is 17.7 Å². The molecule has 0 unspecified atom stereocenters. The molecule has 3 rings (SSSR count). The highest BCUT2D eigenvalue weighted by atomic mass is 19.1. The van der Waals surface area contributed by atoms with E-state index in [1.165, 1.54) is 12.1 Å². The predicted octanol–water partition coefficient (Wildman–Crippen LogP) is 2.77. The first-order chi connectivity index (χ1) is 12.0. The van der Waals surface area contributed by atoms with Crippen LogP contribution in [0.25, 0.3) is 0 Å². The molecule has 1 aliphatic heterocycles. The Balaban J connectivity index is 1.82. The van der Waals surface area contributed by atoms with Crippen LogP contribution in [0.15, 0.2) is 36.4 Å². The van der Waals surface area contributed by atoms with Crippen molar-refractivity contribution in [1.29, 1.82) is 0 Å². The highest BCUT2D eigenvalue weighted by Gasteiger charge is 2.24. The van der Waals surface area contributed by atoms with Gasteiger partial charge in [0, 0.05) is 13.1 Å². The number of carboxylic acids is 1. The molecule has 0 radical (unpaired) electrons. The van der Waals surface area contributed by atoms with Crippen LogP contribution < -0.4 is 4.74 Å². The van der Waals surface area contributed by atoms with Gasteiger partial charge in [0.05, 0.1) is 18.2 Å². The predicted molar refractivity (Wildman–Crippen MR) is 89.7 cm³/mol. The van der Waals surface area contributed by atoms with Gasteiger partial charge in [0.25, 0.3) is 5.91 Å². The number of amides is 1. The minimum Gasteiger partial charge on any atom is -0.496 e. The Bertz CT molecular complexity index is 834. The first-order valence-electron chi connectivity index (χ1n) is 7.98. The Morgan fingerprint density at radius 2 is 1.92 bits per heavy atom. The molecule has 1 amide bonds. The van der Waals surface area contributed by atoms with E-state index in [1.54, 1.807) is 12.0 Å². The summed E-state index contributed by atoms with van der Waals surface area (Å²) >= 11 is 0. The van der Waals surface area contributed by atoms with E-state index in [0.29, 0.717) is 25.9 Å². The maximum atomic E-state index is 14.2. The average molecular weight is 343 g/mol. The molecule has 2 aromatic carbocycles. The third-order valence-corrected chi connectivity index (χ3v) is 4.47. The fraction of sp³-hybridized carbons (Fsp3) is 0.263. The summed E-state index contributed by atoms with van der Waals surface area (Å²) in [6.45, 7) is 0.922. The first-order valence-corrected chi connectivity index (χ1v) is 7.98. The molecule has 2 aromatic rings. The van der Waals surface area contributed by atoms with Crippen LogP contribution in [0.2, 0.25) is 0 Å². The van der Waals surface area contributed by atoms with Crippen LogP contribution in [-0.4, -0.2) is 42.1 Å². The van der Waals surface area contributed by atoms with Crippen molar-refractivity contribution in [3.8, 4) is 5.75 Å². The van der Waals surface area contributed by atoms with Crippen LogP contribution >= 0.6 is 0 Å². The molecule has 0 saturated heterocycles. The van der Waals surface area contributed by atoms with Crippen LogP contribution in [-0.2, 0) is 12.8 Å². The van der Waals surface area contributed by atoms with Gasteiger partial charge in [-0.25, -0.2) is 9.18 Å². The zero-order valence-corrected chi connectivity index (χ0v) is 13.8. The first kappa shape index (κ1) is 17.0. The molecule has 1 heterocycles. The van der Waals surface area contributed by atoms with Gasteiger partial charge < -0.3 is 14.7 Å². The van der Waals surface area contributed by atoms with Crippen LogP contribution in [0.5, 0.6) is 5.75 Å². The third-order valence-electron chi connectivity index (χ3n) is 4.47. The summed E-state index contributed by atoms with van der Waals surface area (Å²) in [5, 5.41) is 8.90. The molecule has 0 aromatic heterocycles. The average Bonchev–Trinajstić information content (AvgIpc) is 2.83. The lowest BCUT2D eigenvalue weighted by molar-refractivity contribution is 0.0692. The number of rotatable bonds is 3. The van der Waals surface area contributed by atoms with Gasteiger partial charge in [-0.15, -0.1) is 0 Å². The lowest BCUT2D eigenvalue weighted by Crippen LogP contribution is -2.33. The molecule has 6 heteroatoms. The van der Waals surface area contributed by atoms with E-state index >= 15 is 0 Å². The van der Waals surface area contributed by atoms with Crippen molar-refractivity contribution in [2.24, 2.45) is 0 Å². The molecule has 25 heavy (non-hydrogen) atoms. The number of aromatic carboxylic acids is 1. The van der Waals surface area contributed by atoms with Gasteiger partial charge in [0.15, 0.2) is 0 Å². The van der Waals surface area contributed by atoms with Crippen molar-refractivity contribution in [3.63, 3.8) is 0 Å². The van der Waals surface area contributed by atoms with E-state index in [4.69, 9.17) is 9.84 Å². The second kappa shape index (κ2) is 6.93. The Hall–Kier alpha value is -2.89. The topological polar surface area (TPSA) is 66.8 Å². The molecule has 0 atom stereocenters. The minimum atomic E-state index is -1.23. The molecule has 130 valence electrons. The van der Waals surface area contributed by atoms with E-state index in [2.05, 4.69) is 0 Å². The van der Waals surface area contributed by atoms with E-state index in [0.717, 1.165) is 22.9 Å². The zero-order chi connectivity index (χ0) is 18.0. The number of hydrogen-bond donors (Lipinski definition) is 1. The standard InChI is InChI=1S/C19H18FNO4/c1-25-17-4-2-3-12-7-9-21(10-8-14(12)17)18(22)15-6-5-13(19(23)24)11-16(15)20/h2-6,11H,7-10H2,1H3,(H,23,24). The summed E-state index contributed by atoms with van der Waals surface area (Å²) in [5.41, 5.74) is 1.91. The number of methoxy groups -OCH3 is 1. The second-order valence-electron chi connectivity index (χ2n) is 5.89. The fourth-order valence-corrected chi connectivity index (χ4v) is 3.13. The molecular formula is C19H18FNO4. The molecule has 1 aliphatic rings. The van der Waals surface area contributed by atoms with Gasteiger partial charge in [-0.05, 0) is 48.2 Å². The highest BCUT2D eigenvalue weighted by Crippen LogP contribution is 2.26. The summed E-state index contributed by atoms with van der Waals surface area (Å²) in [6.07, 6.45) is 1.28. The van der Waals surface area contributed by atoms with Crippen LogP contribution in [0.3, 0.4) is 0 Å². The minimum absolute atomic E-state index is 0.108. The lowest BCUT2D eigenvalue weighted by atomic mass is 10.0. The monoisotopic (exact) mass is 343 g/mol. The van der Waals surface area contributed by atoms with Crippen molar-refractivity contribution in [2.45, 2.75) is 12.8 Å². The summed E-state index contributed by atoms with van der Waals surface area (Å²) in [4.78, 5) is 25.2. The third kappa shape index (κ3) is 3.33. The largest absolute Gasteiger partial charge is 0.496 e. The van der Waals surface area contributed by atoms with Crippen molar-refractivity contribution in [1.82, 2.24) is 4.90 Å². The van der Waals surface area contributed by atoms with Gasteiger partial charge in [-0.2, -0.15) is 0 Å². The Morgan fingerprint density at radius 1 is 1.16 bits per heavy atom. The van der Waals surface area contributed by atoms with Crippen molar-refractivity contribution < 1.29 is 23.8 Å². The van der Waals surface area contributed by atoms with Crippen LogP contribution in [0.4, 0.5) is 4.39 Å². The van der Waals surface area contributed by atoms with Gasteiger partial charge in [0.2, 0.25) is 0 Å². The number of fused-ring (bicyclic) bond motifs is 1. The van der Waals surface area contributed by atoms with Gasteiger partial charge in [-0.1, -0.05) is 12.1 Å². The van der Waals surface area contributed by atoms with Crippen molar-refractivity contribution in [3.05, 3.63) is 64.5 Å². The lowest BCUT2D eigenvalue weighted by Gasteiger charge is -2.20. The van der Waals surface area contributed by atoms with E-state index in [-0.39, 0.29) is 11.1 Å². The maximum Gasteiger partial charge on any atom is 0.335 e. The van der Waals surface area contributed by atoms with Crippen molar-refractivity contribution in [2.75, 3.05) is 20.2 Å². The SMILES string of the molecule is COc1cccc2c1CCN(C(=O)c1ccc(C(=O)O)cc1F)CC2. The summed E-state index contributed by atoms with van der Waals surface area (Å²) in [7, 11) is 1.61. The Kier molecular flexibility index (Phi) is 4.70. The number of carboxylic acid groups (broad SMARTS) is 1. The summed E-state index contributed by atoms with van der Waals surface area (Å²) in [5.74, 6) is -1.68. The number of hydrogen-bond acceptors (Lipinski definition) is 3. The zero-order valence-electron chi connectivity index (χ0n) is 13.8. The number of nitrogens with zero attached hydrogens (tertiary/aromatic N) is 1. The quantitative estimate of drug-likeness (QED) is 0.931. The van der Waals surface area contributed by atoms with E-state index in [9.17, 15) is 14.0 Å². The van der Waals surface area contributed by atoms with Gasteiger partial charge in [0.1, 0.15) is 11.6 Å². The highest BCUT2D eigenvalue weighted by molar-refractivity contribution is 5.96. The molecule has 0 spiro atoms. The normalized spacial score (nSPS) is 13.8. The smallest absolute Gasteiger partial charge is 0.335 e. The molecule has 0 saturated carbocycles. The van der Waals surface area contributed by atoms with Gasteiger partial charge in [-0.3, -0.25) is 4.79 Å². The number of benzene rings is 2. The van der Waals surface area contributed by atoms with Crippen LogP contribution in [0.1, 0.15) is 31.8 Å². The molecule has 1 N–H and O–H groups in total. The molecule has 0 fully saturated rings. The number of carbonyl (C=O) groups is 2. The van der Waals surface area contributed by atoms with Gasteiger partial charge >= 0.3 is 5.97 Å². The maximum absolute atomic E-state index is 14.2. The number of ether oxygens (including phenoxy) is 1. The summed E-state index contributed by atoms with van der Waals surface area (Å²) in [6, 6.07) is 9.17. The Morgan fingerprint density at radius 3 is 2.60 bits per heavy atom. The Labute approximate surface area is 144 Å². The molecule has 0 bridgehead atoms. The second-order valence-corrected chi connectivity index (χ2v) is 5.89. The summed E-state index contributed by atoms with van der Waals surface area (Å²) < 4.78 is 19.6. The fourth-order valence-electron chi connectivity index (χ4n) is 3.13. The molecule has 5 nitrogen and oxygen atoms in total. The van der Waals surface area contributed by atoms with Crippen LogP contribution in [0, 0.1) is 5.82 Å².